The number of carbonyl (C=O) groups excluding carboxylic acids is 1. The van der Waals surface area contributed by atoms with Crippen LogP contribution in [0.4, 0.5) is 0 Å². The van der Waals surface area contributed by atoms with Crippen molar-refractivity contribution in [1.29, 1.82) is 0 Å². The first-order chi connectivity index (χ1) is 12.4. The number of Topliss-reactive ketones (excluding diaryl/α,β-unsaturated/α-hetero) is 1. The zero-order chi connectivity index (χ0) is 18.5. The number of allylic oxidation sites excluding steroid dienone is 1. The van der Waals surface area contributed by atoms with Gasteiger partial charge in [0.2, 0.25) is 0 Å². The number of nitrogens with two attached hydrogens (primary N) is 1. The third-order valence-corrected chi connectivity index (χ3v) is 8.04. The van der Waals surface area contributed by atoms with Gasteiger partial charge in [-0.15, -0.1) is 0 Å². The lowest BCUT2D eigenvalue weighted by Gasteiger charge is -2.55. The van der Waals surface area contributed by atoms with Crippen molar-refractivity contribution < 1.29 is 19.7 Å². The summed E-state index contributed by atoms with van der Waals surface area (Å²) in [7, 11) is 0. The lowest BCUT2D eigenvalue weighted by molar-refractivity contribution is -0.162. The minimum absolute atomic E-state index is 0.0251. The van der Waals surface area contributed by atoms with Gasteiger partial charge in [0, 0.05) is 12.3 Å². The molecule has 0 aromatic heterocycles. The van der Waals surface area contributed by atoms with E-state index in [-0.39, 0.29) is 18.1 Å². The number of aliphatic hydroxyl groups is 2. The van der Waals surface area contributed by atoms with E-state index >= 15 is 0 Å². The van der Waals surface area contributed by atoms with Crippen LogP contribution in [0.3, 0.4) is 0 Å². The third-order valence-electron chi connectivity index (χ3n) is 8.04. The lowest BCUT2D eigenvalue weighted by atomic mass is 9.50. The number of ether oxygens (including phenoxy) is 1. The molecule has 8 atom stereocenters. The average molecular weight is 363 g/mol. The quantitative estimate of drug-likeness (QED) is 0.526. The van der Waals surface area contributed by atoms with Gasteiger partial charge in [-0.1, -0.05) is 18.6 Å². The molecule has 5 nitrogen and oxygen atoms in total. The van der Waals surface area contributed by atoms with Crippen LogP contribution in [0, 0.1) is 29.1 Å². The highest BCUT2D eigenvalue weighted by Crippen LogP contribution is 2.60. The van der Waals surface area contributed by atoms with Gasteiger partial charge >= 0.3 is 0 Å². The third kappa shape index (κ3) is 2.97. The number of fused-ring (bicyclic) bond motifs is 5. The van der Waals surface area contributed by atoms with E-state index in [0.29, 0.717) is 29.5 Å². The Morgan fingerprint density at radius 2 is 2.12 bits per heavy atom. The van der Waals surface area contributed by atoms with Gasteiger partial charge in [-0.05, 0) is 68.1 Å². The Morgan fingerprint density at radius 3 is 2.88 bits per heavy atom. The van der Waals surface area contributed by atoms with E-state index in [1.807, 2.05) is 0 Å². The smallest absolute Gasteiger partial charge is 0.172 e. The molecule has 4 aliphatic carbocycles. The van der Waals surface area contributed by atoms with Crippen LogP contribution in [-0.2, 0) is 9.53 Å². The molecule has 0 aliphatic heterocycles. The fourth-order valence-corrected chi connectivity index (χ4v) is 6.55. The van der Waals surface area contributed by atoms with E-state index in [1.54, 1.807) is 0 Å². The molecule has 3 fully saturated rings. The highest BCUT2D eigenvalue weighted by atomic mass is 16.6. The molecule has 0 aromatic rings. The molecule has 0 heterocycles. The van der Waals surface area contributed by atoms with Crippen LogP contribution in [0.5, 0.6) is 0 Å². The predicted octanol–water partition coefficient (Wildman–Crippen LogP) is 2.15. The second-order valence-electron chi connectivity index (χ2n) is 9.24. The zero-order valence-corrected chi connectivity index (χ0v) is 15.8. The Morgan fingerprint density at radius 1 is 1.31 bits per heavy atom. The van der Waals surface area contributed by atoms with Crippen molar-refractivity contribution in [3.8, 4) is 0 Å². The summed E-state index contributed by atoms with van der Waals surface area (Å²) < 4.78 is 5.74. The van der Waals surface area contributed by atoms with E-state index < -0.39 is 12.3 Å². The van der Waals surface area contributed by atoms with Crippen molar-refractivity contribution in [2.45, 2.75) is 76.7 Å². The first-order valence-corrected chi connectivity index (χ1v) is 10.4. The van der Waals surface area contributed by atoms with Crippen molar-refractivity contribution in [3.63, 3.8) is 0 Å². The monoisotopic (exact) mass is 363 g/mol. The number of aliphatic hydroxyl groups excluding tert-OH is 2. The second kappa shape index (κ2) is 7.01. The number of ketones is 1. The number of carbonyl (C=O) groups is 1. The number of hydrogen-bond donors (Lipinski definition) is 3. The van der Waals surface area contributed by atoms with Crippen molar-refractivity contribution in [3.05, 3.63) is 11.6 Å². The first kappa shape index (κ1) is 18.6. The number of hydrogen-bond acceptors (Lipinski definition) is 5. The van der Waals surface area contributed by atoms with Crippen LogP contribution in [0.1, 0.15) is 58.3 Å². The van der Waals surface area contributed by atoms with E-state index in [2.05, 4.69) is 13.0 Å². The molecular formula is C21H33NO4. The van der Waals surface area contributed by atoms with Gasteiger partial charge in [0.15, 0.2) is 6.29 Å². The minimum atomic E-state index is -1.11. The summed E-state index contributed by atoms with van der Waals surface area (Å²) in [6.45, 7) is 2.14. The van der Waals surface area contributed by atoms with Crippen LogP contribution in [0.15, 0.2) is 11.6 Å². The summed E-state index contributed by atoms with van der Waals surface area (Å²) in [6, 6.07) is -0.747. The summed E-state index contributed by atoms with van der Waals surface area (Å²) in [5, 5.41) is 19.1. The average Bonchev–Trinajstić information content (AvgIpc) is 3.02. The van der Waals surface area contributed by atoms with E-state index in [1.165, 1.54) is 12.0 Å². The van der Waals surface area contributed by atoms with Crippen LogP contribution in [0.25, 0.3) is 0 Å². The molecule has 0 amide bonds. The Balaban J connectivity index is 1.48. The molecule has 0 bridgehead atoms. The van der Waals surface area contributed by atoms with E-state index in [0.717, 1.165) is 44.9 Å². The number of rotatable bonds is 4. The fourth-order valence-electron chi connectivity index (χ4n) is 6.55. The molecule has 6 unspecified atom stereocenters. The molecule has 0 spiro atoms. The molecule has 0 radical (unpaired) electrons. The lowest BCUT2D eigenvalue weighted by Crippen LogP contribution is -2.49. The molecule has 4 aliphatic rings. The Bertz CT molecular complexity index is 591. The maximum absolute atomic E-state index is 12.2. The van der Waals surface area contributed by atoms with Gasteiger partial charge in [-0.3, -0.25) is 4.79 Å². The summed E-state index contributed by atoms with van der Waals surface area (Å²) in [5.74, 6) is 2.80. The van der Waals surface area contributed by atoms with E-state index in [9.17, 15) is 9.90 Å². The maximum atomic E-state index is 12.2. The predicted molar refractivity (Wildman–Crippen MR) is 98.0 cm³/mol. The minimum Gasteiger partial charge on any atom is -0.395 e. The van der Waals surface area contributed by atoms with Crippen molar-refractivity contribution in [1.82, 2.24) is 0 Å². The molecule has 0 aromatic carbocycles. The molecule has 26 heavy (non-hydrogen) atoms. The van der Waals surface area contributed by atoms with Gasteiger partial charge in [0.25, 0.3) is 0 Å². The largest absolute Gasteiger partial charge is 0.395 e. The van der Waals surface area contributed by atoms with Crippen LogP contribution >= 0.6 is 0 Å². The van der Waals surface area contributed by atoms with Gasteiger partial charge in [0.1, 0.15) is 5.78 Å². The normalized spacial score (nSPS) is 44.5. The standard InChI is InChI=1S/C21H33NO4/c1-21-9-8-13(26-20(25)18(22)11-23)10-12(21)2-3-15-14-5-7-19(24)16(14)4-6-17(15)21/h2,13-18,20,23,25H,3-11,22H2,1H3/t13-,14?,15?,16?,17?,18?,20?,21-/m0/s1. The fraction of sp³-hybridized carbons (Fsp3) is 0.857. The molecular weight excluding hydrogens is 330 g/mol. The first-order valence-electron chi connectivity index (χ1n) is 10.4. The summed E-state index contributed by atoms with van der Waals surface area (Å²) in [6.07, 6.45) is 9.36. The Kier molecular flexibility index (Phi) is 5.01. The van der Waals surface area contributed by atoms with Crippen LogP contribution in [-0.4, -0.2) is 41.0 Å². The van der Waals surface area contributed by atoms with Crippen molar-refractivity contribution >= 4 is 5.78 Å². The van der Waals surface area contributed by atoms with Crippen molar-refractivity contribution in [2.75, 3.05) is 6.61 Å². The maximum Gasteiger partial charge on any atom is 0.172 e. The highest BCUT2D eigenvalue weighted by molar-refractivity contribution is 5.83. The summed E-state index contributed by atoms with van der Waals surface area (Å²) in [4.78, 5) is 12.2. The van der Waals surface area contributed by atoms with E-state index in [4.69, 9.17) is 15.6 Å². The van der Waals surface area contributed by atoms with Crippen LogP contribution in [0.2, 0.25) is 0 Å². The topological polar surface area (TPSA) is 92.8 Å². The zero-order valence-electron chi connectivity index (χ0n) is 15.8. The van der Waals surface area contributed by atoms with Gasteiger partial charge in [-0.25, -0.2) is 0 Å². The molecule has 4 rings (SSSR count). The van der Waals surface area contributed by atoms with Crippen LogP contribution < -0.4 is 5.73 Å². The summed E-state index contributed by atoms with van der Waals surface area (Å²) >= 11 is 0. The molecule has 146 valence electrons. The molecule has 5 heteroatoms. The SMILES string of the molecule is C[C@]12CC[C@H](OC(O)C(N)CO)CC1=CCC1C3CCC(=O)C3CCC12. The highest BCUT2D eigenvalue weighted by Gasteiger charge is 2.54. The summed E-state index contributed by atoms with van der Waals surface area (Å²) in [5.41, 5.74) is 7.36. The Hall–Kier alpha value is -0.750. The Labute approximate surface area is 156 Å². The molecule has 3 saturated carbocycles. The second-order valence-corrected chi connectivity index (χ2v) is 9.24. The van der Waals surface area contributed by atoms with Gasteiger partial charge in [-0.2, -0.15) is 0 Å². The molecule has 0 saturated heterocycles. The van der Waals surface area contributed by atoms with Gasteiger partial charge < -0.3 is 20.7 Å². The molecule has 4 N–H and O–H groups in total. The van der Waals surface area contributed by atoms with Gasteiger partial charge in [0.05, 0.1) is 18.8 Å². The van der Waals surface area contributed by atoms with Crippen molar-refractivity contribution in [2.24, 2.45) is 34.8 Å².